The number of rotatable bonds is 7. The van der Waals surface area contributed by atoms with Crippen molar-refractivity contribution < 1.29 is 4.74 Å². The Labute approximate surface area is 129 Å². The van der Waals surface area contributed by atoms with Crippen molar-refractivity contribution in [1.29, 1.82) is 0 Å². The van der Waals surface area contributed by atoms with Crippen LogP contribution in [0.1, 0.15) is 32.3 Å². The van der Waals surface area contributed by atoms with Crippen LogP contribution in [0.25, 0.3) is 0 Å². The molecule has 1 aromatic carbocycles. The van der Waals surface area contributed by atoms with Crippen LogP contribution in [0.15, 0.2) is 24.3 Å². The van der Waals surface area contributed by atoms with E-state index in [2.05, 4.69) is 42.3 Å². The first-order valence-electron chi connectivity index (χ1n) is 8.31. The van der Waals surface area contributed by atoms with Gasteiger partial charge in [0.15, 0.2) is 0 Å². The third kappa shape index (κ3) is 5.01. The number of benzene rings is 1. The predicted octanol–water partition coefficient (Wildman–Crippen LogP) is 2.95. The molecule has 0 amide bonds. The van der Waals surface area contributed by atoms with Gasteiger partial charge in [-0.15, -0.1) is 0 Å². The van der Waals surface area contributed by atoms with Crippen LogP contribution in [-0.4, -0.2) is 44.2 Å². The molecule has 1 fully saturated rings. The molecule has 0 bridgehead atoms. The van der Waals surface area contributed by atoms with Crippen molar-refractivity contribution in [2.75, 3.05) is 33.3 Å². The molecule has 0 aliphatic carbocycles. The summed E-state index contributed by atoms with van der Waals surface area (Å²) in [5.74, 6) is 1.75. The van der Waals surface area contributed by atoms with E-state index in [1.165, 1.54) is 38.0 Å². The van der Waals surface area contributed by atoms with Gasteiger partial charge in [0, 0.05) is 12.6 Å². The molecule has 1 N–H and O–H groups in total. The van der Waals surface area contributed by atoms with Crippen LogP contribution in [-0.2, 0) is 6.42 Å². The van der Waals surface area contributed by atoms with Crippen LogP contribution in [0.5, 0.6) is 5.75 Å². The van der Waals surface area contributed by atoms with Crippen LogP contribution in [0.3, 0.4) is 0 Å². The highest BCUT2D eigenvalue weighted by atomic mass is 16.5. The Balaban J connectivity index is 1.74. The number of hydrogen-bond donors (Lipinski definition) is 1. The first-order chi connectivity index (χ1) is 10.2. The van der Waals surface area contributed by atoms with Gasteiger partial charge in [-0.3, -0.25) is 0 Å². The maximum atomic E-state index is 5.28. The highest BCUT2D eigenvalue weighted by Crippen LogP contribution is 2.19. The molecule has 2 rings (SSSR count). The van der Waals surface area contributed by atoms with Crippen LogP contribution in [0, 0.1) is 5.92 Å². The van der Waals surface area contributed by atoms with Crippen molar-refractivity contribution >= 4 is 0 Å². The molecule has 3 heteroatoms. The largest absolute Gasteiger partial charge is 0.497 e. The van der Waals surface area contributed by atoms with E-state index < -0.39 is 0 Å². The second-order valence-corrected chi connectivity index (χ2v) is 6.14. The Morgan fingerprint density at radius 2 is 2.29 bits per heavy atom. The van der Waals surface area contributed by atoms with E-state index in [0.717, 1.165) is 24.6 Å². The van der Waals surface area contributed by atoms with Gasteiger partial charge in [-0.05, 0) is 69.4 Å². The molecule has 1 saturated heterocycles. The van der Waals surface area contributed by atoms with Gasteiger partial charge in [0.05, 0.1) is 7.11 Å². The molecule has 1 aliphatic heterocycles. The molecule has 2 unspecified atom stereocenters. The molecule has 21 heavy (non-hydrogen) atoms. The fraction of sp³-hybridized carbons (Fsp3) is 0.667. The standard InChI is InChI=1S/C18H30N2O/c1-4-20-12-6-8-17(14-20)15(2)19-11-10-16-7-5-9-18(13-16)21-3/h5,7,9,13,15,17,19H,4,6,8,10-12,14H2,1-3H3. The highest BCUT2D eigenvalue weighted by Gasteiger charge is 2.23. The summed E-state index contributed by atoms with van der Waals surface area (Å²) in [5.41, 5.74) is 1.34. The average Bonchev–Trinajstić information content (AvgIpc) is 2.55. The van der Waals surface area contributed by atoms with Gasteiger partial charge in [0.25, 0.3) is 0 Å². The summed E-state index contributed by atoms with van der Waals surface area (Å²) in [4.78, 5) is 2.58. The first-order valence-corrected chi connectivity index (χ1v) is 8.31. The van der Waals surface area contributed by atoms with Crippen molar-refractivity contribution in [3.63, 3.8) is 0 Å². The van der Waals surface area contributed by atoms with Crippen LogP contribution >= 0.6 is 0 Å². The fourth-order valence-electron chi connectivity index (χ4n) is 3.23. The fourth-order valence-corrected chi connectivity index (χ4v) is 3.23. The highest BCUT2D eigenvalue weighted by molar-refractivity contribution is 5.28. The number of ether oxygens (including phenoxy) is 1. The lowest BCUT2D eigenvalue weighted by molar-refractivity contribution is 0.157. The lowest BCUT2D eigenvalue weighted by atomic mass is 9.91. The Morgan fingerprint density at radius 1 is 1.43 bits per heavy atom. The minimum absolute atomic E-state index is 0.602. The molecule has 0 radical (unpaired) electrons. The Bertz CT molecular complexity index is 421. The van der Waals surface area contributed by atoms with Gasteiger partial charge in [0.1, 0.15) is 5.75 Å². The second-order valence-electron chi connectivity index (χ2n) is 6.14. The number of piperidine rings is 1. The molecule has 2 atom stereocenters. The zero-order valence-corrected chi connectivity index (χ0v) is 13.8. The van der Waals surface area contributed by atoms with Crippen molar-refractivity contribution in [2.45, 2.75) is 39.2 Å². The van der Waals surface area contributed by atoms with Crippen molar-refractivity contribution in [2.24, 2.45) is 5.92 Å². The maximum Gasteiger partial charge on any atom is 0.119 e. The maximum absolute atomic E-state index is 5.28. The normalized spacial score (nSPS) is 21.2. The number of nitrogens with zero attached hydrogens (tertiary/aromatic N) is 1. The number of likely N-dealkylation sites (tertiary alicyclic amines) is 1. The second kappa shape index (κ2) is 8.40. The molecular formula is C18H30N2O. The summed E-state index contributed by atoms with van der Waals surface area (Å²) < 4.78 is 5.28. The summed E-state index contributed by atoms with van der Waals surface area (Å²) in [5, 5.41) is 3.72. The molecule has 0 spiro atoms. The van der Waals surface area contributed by atoms with E-state index in [-0.39, 0.29) is 0 Å². The van der Waals surface area contributed by atoms with Gasteiger partial charge >= 0.3 is 0 Å². The molecular weight excluding hydrogens is 260 g/mol. The van der Waals surface area contributed by atoms with Crippen molar-refractivity contribution in [3.05, 3.63) is 29.8 Å². The van der Waals surface area contributed by atoms with E-state index in [4.69, 9.17) is 4.74 Å². The topological polar surface area (TPSA) is 24.5 Å². The Hall–Kier alpha value is -1.06. The van der Waals surface area contributed by atoms with E-state index in [9.17, 15) is 0 Å². The molecule has 1 aromatic rings. The zero-order chi connectivity index (χ0) is 15.1. The minimum Gasteiger partial charge on any atom is -0.497 e. The smallest absolute Gasteiger partial charge is 0.119 e. The molecule has 1 heterocycles. The molecule has 1 aliphatic rings. The molecule has 118 valence electrons. The van der Waals surface area contributed by atoms with Gasteiger partial charge in [-0.1, -0.05) is 19.1 Å². The van der Waals surface area contributed by atoms with Crippen LogP contribution in [0.4, 0.5) is 0 Å². The SMILES string of the molecule is CCN1CCCC(C(C)NCCc2cccc(OC)c2)C1. The molecule has 0 saturated carbocycles. The first kappa shape index (κ1) is 16.3. The molecule has 0 aromatic heterocycles. The number of nitrogens with one attached hydrogen (secondary N) is 1. The van der Waals surface area contributed by atoms with Crippen LogP contribution in [0.2, 0.25) is 0 Å². The Morgan fingerprint density at radius 3 is 3.05 bits per heavy atom. The number of methoxy groups -OCH3 is 1. The van der Waals surface area contributed by atoms with Gasteiger partial charge in [0.2, 0.25) is 0 Å². The van der Waals surface area contributed by atoms with Crippen LogP contribution < -0.4 is 10.1 Å². The zero-order valence-electron chi connectivity index (χ0n) is 13.8. The monoisotopic (exact) mass is 290 g/mol. The number of hydrogen-bond acceptors (Lipinski definition) is 3. The third-order valence-corrected chi connectivity index (χ3v) is 4.71. The summed E-state index contributed by atoms with van der Waals surface area (Å²) in [6.45, 7) is 9.37. The predicted molar refractivity (Wildman–Crippen MR) is 89.0 cm³/mol. The third-order valence-electron chi connectivity index (χ3n) is 4.71. The van der Waals surface area contributed by atoms with E-state index in [1.54, 1.807) is 7.11 Å². The van der Waals surface area contributed by atoms with Gasteiger partial charge in [-0.25, -0.2) is 0 Å². The summed E-state index contributed by atoms with van der Waals surface area (Å²) in [7, 11) is 1.72. The van der Waals surface area contributed by atoms with Crippen molar-refractivity contribution in [1.82, 2.24) is 10.2 Å². The van der Waals surface area contributed by atoms with Gasteiger partial charge < -0.3 is 15.0 Å². The summed E-state index contributed by atoms with van der Waals surface area (Å²) in [6.07, 6.45) is 3.77. The van der Waals surface area contributed by atoms with E-state index in [0.29, 0.717) is 6.04 Å². The average molecular weight is 290 g/mol. The summed E-state index contributed by atoms with van der Waals surface area (Å²) >= 11 is 0. The lowest BCUT2D eigenvalue weighted by Crippen LogP contribution is -2.44. The quantitative estimate of drug-likeness (QED) is 0.835. The Kier molecular flexibility index (Phi) is 6.52. The van der Waals surface area contributed by atoms with Gasteiger partial charge in [-0.2, -0.15) is 0 Å². The van der Waals surface area contributed by atoms with Crippen molar-refractivity contribution in [3.8, 4) is 5.75 Å². The molecule has 3 nitrogen and oxygen atoms in total. The summed E-state index contributed by atoms with van der Waals surface area (Å²) in [6, 6.07) is 8.98. The van der Waals surface area contributed by atoms with E-state index in [1.807, 2.05) is 6.07 Å². The lowest BCUT2D eigenvalue weighted by Gasteiger charge is -2.35. The minimum atomic E-state index is 0.602. The van der Waals surface area contributed by atoms with E-state index >= 15 is 0 Å².